The maximum Gasteiger partial charge on any atom is 0.298 e. The molecule has 1 aliphatic rings. The topological polar surface area (TPSA) is 55.8 Å². The zero-order valence-electron chi connectivity index (χ0n) is 16.6. The lowest BCUT2D eigenvalue weighted by Crippen LogP contribution is -2.27. The smallest absolute Gasteiger partial charge is 0.298 e. The van der Waals surface area contributed by atoms with Gasteiger partial charge in [0.05, 0.1) is 17.7 Å². The van der Waals surface area contributed by atoms with Crippen LogP contribution in [0.1, 0.15) is 11.1 Å². The first-order valence-electron chi connectivity index (χ1n) is 9.43. The van der Waals surface area contributed by atoms with Gasteiger partial charge in [-0.2, -0.15) is 0 Å². The average molecular weight is 452 g/mol. The van der Waals surface area contributed by atoms with Gasteiger partial charge >= 0.3 is 0 Å². The van der Waals surface area contributed by atoms with Crippen LogP contribution in [0.15, 0.2) is 77.7 Å². The third-order valence-electron chi connectivity index (χ3n) is 4.60. The number of hydrogen-bond donors (Lipinski definition) is 0. The van der Waals surface area contributed by atoms with Gasteiger partial charge in [0.25, 0.3) is 11.1 Å². The molecular formula is C24H18ClNO4S. The Morgan fingerprint density at radius 3 is 2.42 bits per heavy atom. The van der Waals surface area contributed by atoms with Gasteiger partial charge in [-0.15, -0.1) is 0 Å². The van der Waals surface area contributed by atoms with Gasteiger partial charge in [-0.1, -0.05) is 35.9 Å². The van der Waals surface area contributed by atoms with Crippen LogP contribution >= 0.6 is 23.4 Å². The third kappa shape index (κ3) is 4.93. The van der Waals surface area contributed by atoms with E-state index in [4.69, 9.17) is 21.1 Å². The second-order valence-corrected chi connectivity index (χ2v) is 8.13. The predicted molar refractivity (Wildman–Crippen MR) is 124 cm³/mol. The van der Waals surface area contributed by atoms with Crippen LogP contribution in [0, 0.1) is 0 Å². The monoisotopic (exact) mass is 451 g/mol. The maximum atomic E-state index is 12.8. The minimum absolute atomic E-state index is 0.337. The molecule has 0 saturated carbocycles. The molecule has 0 atom stereocenters. The molecule has 4 rings (SSSR count). The molecule has 0 unspecified atom stereocenters. The van der Waals surface area contributed by atoms with Crippen molar-refractivity contribution in [1.29, 1.82) is 0 Å². The second-order valence-electron chi connectivity index (χ2n) is 6.70. The van der Waals surface area contributed by atoms with E-state index in [1.54, 1.807) is 37.5 Å². The van der Waals surface area contributed by atoms with E-state index in [1.165, 1.54) is 0 Å². The van der Waals surface area contributed by atoms with Crippen molar-refractivity contribution in [3.63, 3.8) is 0 Å². The summed E-state index contributed by atoms with van der Waals surface area (Å²) in [5, 5.41) is 0.339. The number of hydrogen-bond acceptors (Lipinski definition) is 5. The Balaban J connectivity index is 1.49. The maximum absolute atomic E-state index is 12.8. The second kappa shape index (κ2) is 9.29. The van der Waals surface area contributed by atoms with Gasteiger partial charge < -0.3 is 9.47 Å². The molecule has 0 bridgehead atoms. The number of imide groups is 1. The summed E-state index contributed by atoms with van der Waals surface area (Å²) in [4.78, 5) is 26.8. The van der Waals surface area contributed by atoms with Gasteiger partial charge in [0.2, 0.25) is 0 Å². The summed E-state index contributed by atoms with van der Waals surface area (Å²) < 4.78 is 11.0. The molecule has 31 heavy (non-hydrogen) atoms. The van der Waals surface area contributed by atoms with Gasteiger partial charge in [0, 0.05) is 5.02 Å². The molecule has 0 N–H and O–H groups in total. The number of anilines is 1. The lowest BCUT2D eigenvalue weighted by Gasteiger charge is -2.12. The number of thioether (sulfide) groups is 1. The summed E-state index contributed by atoms with van der Waals surface area (Å²) in [6, 6.07) is 21.6. The molecule has 0 radical (unpaired) electrons. The fraction of sp³-hybridized carbons (Fsp3) is 0.0833. The number of nitrogens with zero attached hydrogens (tertiary/aromatic N) is 1. The number of ether oxygens (including phenoxy) is 2. The summed E-state index contributed by atoms with van der Waals surface area (Å²) in [7, 11) is 1.56. The van der Waals surface area contributed by atoms with E-state index in [1.807, 2.05) is 48.5 Å². The number of amides is 2. The van der Waals surface area contributed by atoms with Crippen LogP contribution in [0.4, 0.5) is 10.5 Å². The van der Waals surface area contributed by atoms with Crippen molar-refractivity contribution in [2.75, 3.05) is 12.0 Å². The number of methoxy groups -OCH3 is 1. The fourth-order valence-electron chi connectivity index (χ4n) is 3.01. The lowest BCUT2D eigenvalue weighted by atomic mass is 10.2. The van der Waals surface area contributed by atoms with E-state index in [9.17, 15) is 9.59 Å². The van der Waals surface area contributed by atoms with Gasteiger partial charge in [0.1, 0.15) is 18.1 Å². The van der Waals surface area contributed by atoms with Crippen molar-refractivity contribution in [1.82, 2.24) is 0 Å². The molecule has 0 spiro atoms. The highest BCUT2D eigenvalue weighted by atomic mass is 35.5. The molecule has 5 nitrogen and oxygen atoms in total. The van der Waals surface area contributed by atoms with E-state index < -0.39 is 0 Å². The van der Waals surface area contributed by atoms with Crippen LogP contribution in [0.5, 0.6) is 11.5 Å². The van der Waals surface area contributed by atoms with Crippen LogP contribution in [0.2, 0.25) is 5.02 Å². The van der Waals surface area contributed by atoms with E-state index in [0.29, 0.717) is 33.7 Å². The van der Waals surface area contributed by atoms with Crippen LogP contribution in [-0.2, 0) is 11.4 Å². The Morgan fingerprint density at radius 1 is 0.968 bits per heavy atom. The molecule has 156 valence electrons. The predicted octanol–water partition coefficient (Wildman–Crippen LogP) is 6.17. The summed E-state index contributed by atoms with van der Waals surface area (Å²) in [5.41, 5.74) is 2.27. The van der Waals surface area contributed by atoms with Crippen molar-refractivity contribution in [2.24, 2.45) is 0 Å². The Bertz CT molecular complexity index is 1140. The molecule has 1 fully saturated rings. The normalized spacial score (nSPS) is 14.9. The van der Waals surface area contributed by atoms with Crippen molar-refractivity contribution >= 4 is 46.3 Å². The van der Waals surface area contributed by atoms with E-state index in [2.05, 4.69) is 0 Å². The minimum Gasteiger partial charge on any atom is -0.497 e. The summed E-state index contributed by atoms with van der Waals surface area (Å²) in [6.07, 6.45) is 1.70. The number of halogens is 1. The zero-order valence-corrected chi connectivity index (χ0v) is 18.2. The number of carbonyl (C=O) groups excluding carboxylic acids is 2. The SMILES string of the molecule is COc1ccc(N2C(=O)S/C(=C\c3cccc(OCc4ccc(Cl)cc4)c3)C2=O)cc1. The highest BCUT2D eigenvalue weighted by Crippen LogP contribution is 2.36. The van der Waals surface area contributed by atoms with Gasteiger partial charge in [-0.25, -0.2) is 4.90 Å². The van der Waals surface area contributed by atoms with Gasteiger partial charge in [-0.3, -0.25) is 9.59 Å². The first-order valence-corrected chi connectivity index (χ1v) is 10.6. The van der Waals surface area contributed by atoms with Crippen molar-refractivity contribution in [2.45, 2.75) is 6.61 Å². The van der Waals surface area contributed by atoms with E-state index >= 15 is 0 Å². The number of rotatable bonds is 6. The molecule has 2 amide bonds. The van der Waals surface area contributed by atoms with Crippen molar-refractivity contribution in [3.8, 4) is 11.5 Å². The van der Waals surface area contributed by atoms with Crippen LogP contribution in [0.3, 0.4) is 0 Å². The molecule has 0 aromatic heterocycles. The molecular weight excluding hydrogens is 434 g/mol. The molecule has 3 aromatic rings. The fourth-order valence-corrected chi connectivity index (χ4v) is 3.98. The largest absolute Gasteiger partial charge is 0.497 e. The lowest BCUT2D eigenvalue weighted by molar-refractivity contribution is -0.113. The van der Waals surface area contributed by atoms with E-state index in [-0.39, 0.29) is 11.1 Å². The Hall–Kier alpha value is -3.22. The molecule has 3 aromatic carbocycles. The molecule has 0 aliphatic carbocycles. The van der Waals surface area contributed by atoms with Gasteiger partial charge in [-0.05, 0) is 77.5 Å². The van der Waals surface area contributed by atoms with Crippen LogP contribution in [-0.4, -0.2) is 18.3 Å². The van der Waals surface area contributed by atoms with E-state index in [0.717, 1.165) is 27.8 Å². The minimum atomic E-state index is -0.354. The molecule has 7 heteroatoms. The summed E-state index contributed by atoms with van der Waals surface area (Å²) >= 11 is 6.82. The first-order chi connectivity index (χ1) is 15.0. The third-order valence-corrected chi connectivity index (χ3v) is 5.72. The van der Waals surface area contributed by atoms with Crippen LogP contribution in [0.25, 0.3) is 6.08 Å². The van der Waals surface area contributed by atoms with Crippen molar-refractivity contribution < 1.29 is 19.1 Å². The average Bonchev–Trinajstić information content (AvgIpc) is 3.06. The standard InChI is InChI=1S/C24H18ClNO4S/c1-29-20-11-9-19(10-12-20)26-23(27)22(31-24(26)28)14-17-3-2-4-21(13-17)30-15-16-5-7-18(25)8-6-16/h2-14H,15H2,1H3/b22-14-. The highest BCUT2D eigenvalue weighted by Gasteiger charge is 2.36. The molecule has 1 aliphatic heterocycles. The summed E-state index contributed by atoms with van der Waals surface area (Å²) in [6.45, 7) is 0.397. The summed E-state index contributed by atoms with van der Waals surface area (Å²) in [5.74, 6) is 0.965. The Labute approximate surface area is 189 Å². The number of carbonyl (C=O) groups is 2. The Morgan fingerprint density at radius 2 is 1.71 bits per heavy atom. The Kier molecular flexibility index (Phi) is 6.30. The highest BCUT2D eigenvalue weighted by molar-refractivity contribution is 8.19. The number of benzene rings is 3. The quantitative estimate of drug-likeness (QED) is 0.419. The molecule has 1 heterocycles. The first kappa shape index (κ1) is 21.0. The van der Waals surface area contributed by atoms with Gasteiger partial charge in [0.15, 0.2) is 0 Å². The zero-order chi connectivity index (χ0) is 21.8. The van der Waals surface area contributed by atoms with Crippen LogP contribution < -0.4 is 14.4 Å². The molecule has 1 saturated heterocycles. The van der Waals surface area contributed by atoms with Crippen molar-refractivity contribution in [3.05, 3.63) is 93.9 Å².